The average Bonchev–Trinajstić information content (AvgIpc) is 3.49. The summed E-state index contributed by atoms with van der Waals surface area (Å²) in [5, 5.41) is 8.03. The van der Waals surface area contributed by atoms with Gasteiger partial charge in [0.1, 0.15) is 0 Å². The molecule has 2 aliphatic carbocycles. The van der Waals surface area contributed by atoms with Crippen molar-refractivity contribution in [3.8, 4) is 27.9 Å². The number of aromatic nitrogens is 1. The maximum atomic E-state index is 2.52. The summed E-state index contributed by atoms with van der Waals surface area (Å²) in [6.45, 7) is 4.69. The fourth-order valence-electron chi connectivity index (χ4n) is 8.84. The Morgan fingerprint density at radius 3 is 1.35 bits per heavy atom. The van der Waals surface area contributed by atoms with Gasteiger partial charge < -0.3 is 4.57 Å². The molecule has 2 unspecified atom stereocenters. The maximum absolute atomic E-state index is 2.52. The van der Waals surface area contributed by atoms with Gasteiger partial charge in [0.15, 0.2) is 0 Å². The highest BCUT2D eigenvalue weighted by Gasteiger charge is 2.25. The summed E-state index contributed by atoms with van der Waals surface area (Å²) < 4.78 is 2.52. The molecule has 0 aliphatic heterocycles. The molecule has 49 heavy (non-hydrogen) atoms. The Bertz CT molecular complexity index is 2530. The van der Waals surface area contributed by atoms with Crippen molar-refractivity contribution in [2.75, 3.05) is 0 Å². The molecule has 2 aliphatic rings. The Labute approximate surface area is 287 Å². The molecule has 10 rings (SSSR count). The Balaban J connectivity index is 1.21. The summed E-state index contributed by atoms with van der Waals surface area (Å²) in [5.41, 5.74) is 14.7. The van der Waals surface area contributed by atoms with E-state index in [0.29, 0.717) is 11.8 Å². The zero-order valence-electron chi connectivity index (χ0n) is 27.9. The summed E-state index contributed by atoms with van der Waals surface area (Å²) in [6.07, 6.45) is 11.6. The van der Waals surface area contributed by atoms with Crippen LogP contribution in [-0.2, 0) is 12.8 Å². The van der Waals surface area contributed by atoms with Gasteiger partial charge in [0.05, 0.1) is 11.0 Å². The topological polar surface area (TPSA) is 4.93 Å². The molecule has 1 aromatic heterocycles. The third kappa shape index (κ3) is 4.32. The largest absolute Gasteiger partial charge is 0.309 e. The van der Waals surface area contributed by atoms with E-state index in [1.54, 1.807) is 0 Å². The van der Waals surface area contributed by atoms with Gasteiger partial charge >= 0.3 is 0 Å². The molecule has 7 aromatic carbocycles. The summed E-state index contributed by atoms with van der Waals surface area (Å²) in [4.78, 5) is 0. The van der Waals surface area contributed by atoms with Crippen LogP contribution in [0.3, 0.4) is 0 Å². The fraction of sp³-hybridized carbons (Fsp3) is 0.125. The fourth-order valence-corrected chi connectivity index (χ4v) is 8.84. The third-order valence-corrected chi connectivity index (χ3v) is 11.1. The number of allylic oxidation sites excluding steroid dienone is 2. The van der Waals surface area contributed by atoms with Crippen molar-refractivity contribution in [1.82, 2.24) is 4.57 Å². The summed E-state index contributed by atoms with van der Waals surface area (Å²) in [5.74, 6) is 1.07. The predicted octanol–water partition coefficient (Wildman–Crippen LogP) is 12.8. The van der Waals surface area contributed by atoms with E-state index in [4.69, 9.17) is 0 Å². The Morgan fingerprint density at radius 1 is 0.449 bits per heavy atom. The Hall–Kier alpha value is -5.66. The molecule has 0 saturated carbocycles. The molecule has 0 bridgehead atoms. The molecule has 234 valence electrons. The van der Waals surface area contributed by atoms with E-state index in [-0.39, 0.29) is 0 Å². The lowest BCUT2D eigenvalue weighted by molar-refractivity contribution is 0.719. The number of hydrogen-bond donors (Lipinski definition) is 0. The van der Waals surface area contributed by atoms with Gasteiger partial charge in [-0.1, -0.05) is 141 Å². The second-order valence-electron chi connectivity index (χ2n) is 14.2. The van der Waals surface area contributed by atoms with Gasteiger partial charge in [0.25, 0.3) is 0 Å². The van der Waals surface area contributed by atoms with Crippen LogP contribution in [0.5, 0.6) is 0 Å². The van der Waals surface area contributed by atoms with Gasteiger partial charge in [-0.3, -0.25) is 0 Å². The van der Waals surface area contributed by atoms with Gasteiger partial charge in [0, 0.05) is 16.5 Å². The van der Waals surface area contributed by atoms with Crippen LogP contribution in [0.4, 0.5) is 0 Å². The number of fused-ring (bicyclic) bond motifs is 9. The molecule has 1 heterocycles. The molecule has 2 atom stereocenters. The minimum atomic E-state index is 0.534. The number of nitrogens with zero attached hydrogens (tertiary/aromatic N) is 1. The summed E-state index contributed by atoms with van der Waals surface area (Å²) in [6, 6.07) is 47.5. The molecule has 1 nitrogen and oxygen atoms in total. The number of benzene rings is 7. The van der Waals surface area contributed by atoms with Gasteiger partial charge in [-0.15, -0.1) is 0 Å². The van der Waals surface area contributed by atoms with E-state index in [1.165, 1.54) is 93.5 Å². The van der Waals surface area contributed by atoms with Crippen molar-refractivity contribution in [2.24, 2.45) is 11.8 Å². The van der Waals surface area contributed by atoms with Crippen molar-refractivity contribution in [3.63, 3.8) is 0 Å². The van der Waals surface area contributed by atoms with Gasteiger partial charge in [-0.05, 0) is 115 Å². The number of hydrogen-bond acceptors (Lipinski definition) is 0. The molecule has 0 amide bonds. The second kappa shape index (κ2) is 10.9. The molecule has 0 N–H and O–H groups in total. The highest BCUT2D eigenvalue weighted by molar-refractivity contribution is 6.21. The van der Waals surface area contributed by atoms with E-state index < -0.39 is 0 Å². The van der Waals surface area contributed by atoms with Crippen LogP contribution >= 0.6 is 0 Å². The van der Waals surface area contributed by atoms with Gasteiger partial charge in [0.2, 0.25) is 0 Å². The van der Waals surface area contributed by atoms with E-state index in [2.05, 4.69) is 170 Å². The van der Waals surface area contributed by atoms with Crippen molar-refractivity contribution in [2.45, 2.75) is 26.7 Å². The minimum absolute atomic E-state index is 0.534. The van der Waals surface area contributed by atoms with Crippen LogP contribution < -0.4 is 0 Å². The molecular formula is C48H37N. The van der Waals surface area contributed by atoms with Crippen LogP contribution in [0.2, 0.25) is 0 Å². The molecule has 1 heteroatoms. The zero-order chi connectivity index (χ0) is 32.6. The number of rotatable bonds is 3. The summed E-state index contributed by atoms with van der Waals surface area (Å²) >= 11 is 0. The standard InChI is InChI=1S/C48H37N/c1-30-16-18-32-22-26-43-47(41(32)28-30)48-42-29-31(2)17-19-33(42)23-27-44(48)49(43)36-24-20-35(21-25-36)46-39-14-8-6-12-37(39)45(34-10-4-3-5-11-34)38-13-7-9-15-40(38)46/h3-27,30-31H,28-29H2,1-2H3. The predicted molar refractivity (Wildman–Crippen MR) is 210 cm³/mol. The van der Waals surface area contributed by atoms with E-state index in [0.717, 1.165) is 12.8 Å². The highest BCUT2D eigenvalue weighted by atomic mass is 15.0. The van der Waals surface area contributed by atoms with Crippen LogP contribution in [0, 0.1) is 11.8 Å². The van der Waals surface area contributed by atoms with E-state index in [9.17, 15) is 0 Å². The molecule has 0 saturated heterocycles. The average molecular weight is 628 g/mol. The van der Waals surface area contributed by atoms with Crippen molar-refractivity contribution in [1.29, 1.82) is 0 Å². The normalized spacial score (nSPS) is 16.9. The minimum Gasteiger partial charge on any atom is -0.309 e. The maximum Gasteiger partial charge on any atom is 0.0544 e. The van der Waals surface area contributed by atoms with Crippen LogP contribution in [-0.4, -0.2) is 4.57 Å². The lowest BCUT2D eigenvalue weighted by Gasteiger charge is -2.20. The monoisotopic (exact) mass is 627 g/mol. The quantitative estimate of drug-likeness (QED) is 0.172. The molecular weight excluding hydrogens is 591 g/mol. The smallest absolute Gasteiger partial charge is 0.0544 e. The first kappa shape index (κ1) is 28.4. The first-order valence-corrected chi connectivity index (χ1v) is 17.7. The van der Waals surface area contributed by atoms with Gasteiger partial charge in [-0.2, -0.15) is 0 Å². The van der Waals surface area contributed by atoms with Crippen LogP contribution in [0.1, 0.15) is 36.1 Å². The van der Waals surface area contributed by atoms with Gasteiger partial charge in [-0.25, -0.2) is 0 Å². The third-order valence-electron chi connectivity index (χ3n) is 11.1. The zero-order valence-corrected chi connectivity index (χ0v) is 27.9. The summed E-state index contributed by atoms with van der Waals surface area (Å²) in [7, 11) is 0. The molecule has 0 spiro atoms. The van der Waals surface area contributed by atoms with Crippen molar-refractivity contribution >= 4 is 55.5 Å². The lowest BCUT2D eigenvalue weighted by atomic mass is 9.84. The van der Waals surface area contributed by atoms with E-state index >= 15 is 0 Å². The Kier molecular flexibility index (Phi) is 6.33. The highest BCUT2D eigenvalue weighted by Crippen LogP contribution is 2.45. The molecule has 0 radical (unpaired) electrons. The molecule has 8 aromatic rings. The van der Waals surface area contributed by atoms with Crippen molar-refractivity contribution in [3.05, 3.63) is 162 Å². The lowest BCUT2D eigenvalue weighted by Crippen LogP contribution is -2.06. The first-order valence-electron chi connectivity index (χ1n) is 17.7. The Morgan fingerprint density at radius 2 is 0.878 bits per heavy atom. The second-order valence-corrected chi connectivity index (χ2v) is 14.2. The van der Waals surface area contributed by atoms with E-state index in [1.807, 2.05) is 0 Å². The van der Waals surface area contributed by atoms with Crippen LogP contribution in [0.25, 0.3) is 83.4 Å². The molecule has 0 fully saturated rings. The first-order chi connectivity index (χ1) is 24.1. The van der Waals surface area contributed by atoms with Crippen molar-refractivity contribution < 1.29 is 0 Å². The van der Waals surface area contributed by atoms with Crippen LogP contribution in [0.15, 0.2) is 140 Å². The SMILES string of the molecule is CC1C=Cc2ccc3c(c2C1)c1c2c(ccc1n3-c1ccc(-c3c4ccccc4c(-c4ccccc4)c4ccccc34)cc1)C=CC(C)C2.